The molecule has 0 unspecified atom stereocenters. The molecule has 0 aliphatic carbocycles. The average molecular weight is 466 g/mol. The summed E-state index contributed by atoms with van der Waals surface area (Å²) < 4.78 is 22.0. The zero-order valence-electron chi connectivity index (χ0n) is 20.2. The maximum Gasteiger partial charge on any atom is 0.328 e. The minimum atomic E-state index is -0.572. The van der Waals surface area contributed by atoms with Gasteiger partial charge in [0.05, 0.1) is 27.9 Å². The van der Waals surface area contributed by atoms with E-state index in [1.54, 1.807) is 19.1 Å². The van der Waals surface area contributed by atoms with Gasteiger partial charge in [0, 0.05) is 13.0 Å². The summed E-state index contributed by atoms with van der Waals surface area (Å²) in [5.74, 6) is 1.59. The fourth-order valence-corrected chi connectivity index (χ4v) is 4.58. The Morgan fingerprint density at radius 1 is 1.00 bits per heavy atom. The molecule has 0 radical (unpaired) electrons. The molecule has 0 spiro atoms. The lowest BCUT2D eigenvalue weighted by Gasteiger charge is -2.24. The van der Waals surface area contributed by atoms with Crippen molar-refractivity contribution in [1.82, 2.24) is 4.90 Å². The second kappa shape index (κ2) is 10.2. The number of ether oxygens (including phenoxy) is 4. The number of benzene rings is 3. The Morgan fingerprint density at radius 3 is 2.41 bits per heavy atom. The van der Waals surface area contributed by atoms with Gasteiger partial charge in [-0.15, -0.1) is 0 Å². The van der Waals surface area contributed by atoms with Gasteiger partial charge in [-0.05, 0) is 70.3 Å². The van der Waals surface area contributed by atoms with Crippen molar-refractivity contribution in [3.8, 4) is 17.2 Å². The number of carbonyl (C=O) groups is 2. The van der Waals surface area contributed by atoms with Crippen LogP contribution in [-0.2, 0) is 20.9 Å². The standard InChI is InChI=1S/C27H31NO6/c1-5-6-11-34-19-8-7-17-12-18(16-28-23(27(30)33-4)9-10-26(28)29)21-14-24(31-2)25(32-3)15-22(21)20(17)13-19/h7-8,12-15,23H,5-6,9-11,16H2,1-4H3/t23-/m1/s1. The SMILES string of the molecule is CCCCOc1ccc2cc(CN3C(=O)CC[C@@H]3C(=O)OC)c3cc(OC)c(OC)cc3c2c1. The van der Waals surface area contributed by atoms with Crippen LogP contribution in [0.25, 0.3) is 21.5 Å². The van der Waals surface area contributed by atoms with E-state index >= 15 is 0 Å². The number of hydrogen-bond acceptors (Lipinski definition) is 6. The predicted octanol–water partition coefficient (Wildman–Crippen LogP) is 4.85. The molecule has 1 atom stereocenters. The molecule has 0 N–H and O–H groups in total. The first-order valence-corrected chi connectivity index (χ1v) is 11.6. The Morgan fingerprint density at radius 2 is 1.74 bits per heavy atom. The summed E-state index contributed by atoms with van der Waals surface area (Å²) in [4.78, 5) is 26.6. The van der Waals surface area contributed by atoms with E-state index in [0.717, 1.165) is 45.7 Å². The molecule has 1 fully saturated rings. The van der Waals surface area contributed by atoms with E-state index < -0.39 is 6.04 Å². The number of rotatable bonds is 9. The Kier molecular flexibility index (Phi) is 7.10. The molecule has 180 valence electrons. The number of nitrogens with zero attached hydrogens (tertiary/aromatic N) is 1. The van der Waals surface area contributed by atoms with E-state index in [9.17, 15) is 9.59 Å². The van der Waals surface area contributed by atoms with Gasteiger partial charge in [-0.3, -0.25) is 4.79 Å². The molecule has 1 heterocycles. The quantitative estimate of drug-likeness (QED) is 0.255. The highest BCUT2D eigenvalue weighted by molar-refractivity contribution is 6.10. The smallest absolute Gasteiger partial charge is 0.328 e. The lowest BCUT2D eigenvalue weighted by Crippen LogP contribution is -2.38. The second-order valence-electron chi connectivity index (χ2n) is 8.47. The number of methoxy groups -OCH3 is 3. The molecule has 0 saturated carbocycles. The van der Waals surface area contributed by atoms with E-state index in [4.69, 9.17) is 18.9 Å². The van der Waals surface area contributed by atoms with Gasteiger partial charge in [-0.2, -0.15) is 0 Å². The molecule has 1 aliphatic heterocycles. The summed E-state index contributed by atoms with van der Waals surface area (Å²) in [6, 6.07) is 11.4. The van der Waals surface area contributed by atoms with Crippen LogP contribution < -0.4 is 14.2 Å². The molecule has 0 bridgehead atoms. The van der Waals surface area contributed by atoms with Crippen LogP contribution in [-0.4, -0.2) is 50.8 Å². The molecular formula is C27H31NO6. The highest BCUT2D eigenvalue weighted by Crippen LogP contribution is 2.39. The molecule has 7 heteroatoms. The zero-order chi connectivity index (χ0) is 24.2. The Labute approximate surface area is 199 Å². The first-order chi connectivity index (χ1) is 16.5. The van der Waals surface area contributed by atoms with Crippen molar-refractivity contribution in [3.05, 3.63) is 42.0 Å². The molecule has 4 rings (SSSR count). The summed E-state index contributed by atoms with van der Waals surface area (Å²) in [5.41, 5.74) is 0.923. The fraction of sp³-hybridized carbons (Fsp3) is 0.407. The highest BCUT2D eigenvalue weighted by Gasteiger charge is 2.37. The number of likely N-dealkylation sites (tertiary alicyclic amines) is 1. The van der Waals surface area contributed by atoms with Crippen molar-refractivity contribution in [2.75, 3.05) is 27.9 Å². The number of hydrogen-bond donors (Lipinski definition) is 0. The molecule has 3 aromatic carbocycles. The predicted molar refractivity (Wildman–Crippen MR) is 131 cm³/mol. The summed E-state index contributed by atoms with van der Waals surface area (Å²) in [5, 5.41) is 3.93. The van der Waals surface area contributed by atoms with Crippen molar-refractivity contribution in [1.29, 1.82) is 0 Å². The number of unbranched alkanes of at least 4 members (excludes halogenated alkanes) is 1. The molecule has 34 heavy (non-hydrogen) atoms. The van der Waals surface area contributed by atoms with Gasteiger partial charge >= 0.3 is 5.97 Å². The molecule has 7 nitrogen and oxygen atoms in total. The van der Waals surface area contributed by atoms with Crippen molar-refractivity contribution in [2.45, 2.75) is 45.2 Å². The van der Waals surface area contributed by atoms with Crippen molar-refractivity contribution >= 4 is 33.4 Å². The molecule has 3 aromatic rings. The maximum atomic E-state index is 12.7. The van der Waals surface area contributed by atoms with Gasteiger partial charge in [-0.1, -0.05) is 19.4 Å². The van der Waals surface area contributed by atoms with E-state index in [1.807, 2.05) is 30.3 Å². The van der Waals surface area contributed by atoms with Gasteiger partial charge < -0.3 is 23.8 Å². The van der Waals surface area contributed by atoms with Crippen LogP contribution in [0.5, 0.6) is 17.2 Å². The first kappa shape index (κ1) is 23.7. The Balaban J connectivity index is 1.86. The van der Waals surface area contributed by atoms with Gasteiger partial charge in [0.1, 0.15) is 11.8 Å². The van der Waals surface area contributed by atoms with E-state index in [0.29, 0.717) is 37.5 Å². The fourth-order valence-electron chi connectivity index (χ4n) is 4.58. The number of amides is 1. The summed E-state index contributed by atoms with van der Waals surface area (Å²) in [6.45, 7) is 3.10. The Hall–Kier alpha value is -3.48. The third-order valence-corrected chi connectivity index (χ3v) is 6.42. The molecule has 0 aromatic heterocycles. The van der Waals surface area contributed by atoms with Crippen LogP contribution in [0.15, 0.2) is 36.4 Å². The van der Waals surface area contributed by atoms with Crippen molar-refractivity contribution in [3.63, 3.8) is 0 Å². The van der Waals surface area contributed by atoms with Crippen LogP contribution in [0.4, 0.5) is 0 Å². The van der Waals surface area contributed by atoms with Gasteiger partial charge in [0.25, 0.3) is 0 Å². The van der Waals surface area contributed by atoms with E-state index in [-0.39, 0.29) is 11.9 Å². The monoisotopic (exact) mass is 465 g/mol. The van der Waals surface area contributed by atoms with E-state index in [2.05, 4.69) is 13.0 Å². The third-order valence-electron chi connectivity index (χ3n) is 6.42. The summed E-state index contributed by atoms with van der Waals surface area (Å²) >= 11 is 0. The van der Waals surface area contributed by atoms with Crippen molar-refractivity contribution < 1.29 is 28.5 Å². The zero-order valence-corrected chi connectivity index (χ0v) is 20.2. The maximum absolute atomic E-state index is 12.7. The van der Waals surface area contributed by atoms with Gasteiger partial charge in [0.15, 0.2) is 11.5 Å². The topological polar surface area (TPSA) is 74.3 Å². The minimum Gasteiger partial charge on any atom is -0.494 e. The first-order valence-electron chi connectivity index (χ1n) is 11.6. The molecule has 1 aliphatic rings. The molecule has 1 amide bonds. The minimum absolute atomic E-state index is 0.0520. The Bertz CT molecular complexity index is 1220. The van der Waals surface area contributed by atoms with Crippen LogP contribution in [0.1, 0.15) is 38.2 Å². The van der Waals surface area contributed by atoms with Crippen LogP contribution in [0, 0.1) is 0 Å². The normalized spacial score (nSPS) is 15.7. The highest BCUT2D eigenvalue weighted by atomic mass is 16.5. The number of fused-ring (bicyclic) bond motifs is 3. The van der Waals surface area contributed by atoms with Gasteiger partial charge in [-0.25, -0.2) is 4.79 Å². The van der Waals surface area contributed by atoms with Crippen LogP contribution in [0.2, 0.25) is 0 Å². The van der Waals surface area contributed by atoms with Crippen LogP contribution >= 0.6 is 0 Å². The van der Waals surface area contributed by atoms with Crippen molar-refractivity contribution in [2.24, 2.45) is 0 Å². The molecule has 1 saturated heterocycles. The number of esters is 1. The number of carbonyl (C=O) groups excluding carboxylic acids is 2. The van der Waals surface area contributed by atoms with Gasteiger partial charge in [0.2, 0.25) is 5.91 Å². The lowest BCUT2D eigenvalue weighted by atomic mass is 9.96. The van der Waals surface area contributed by atoms with E-state index in [1.165, 1.54) is 7.11 Å². The third kappa shape index (κ3) is 4.47. The molecular weight excluding hydrogens is 434 g/mol. The largest absolute Gasteiger partial charge is 0.494 e. The summed E-state index contributed by atoms with van der Waals surface area (Å²) in [6.07, 6.45) is 2.86. The second-order valence-corrected chi connectivity index (χ2v) is 8.47. The lowest BCUT2D eigenvalue weighted by molar-refractivity contribution is -0.149. The average Bonchev–Trinajstić information content (AvgIpc) is 3.22. The summed E-state index contributed by atoms with van der Waals surface area (Å²) in [7, 11) is 4.56. The van der Waals surface area contributed by atoms with Crippen LogP contribution in [0.3, 0.4) is 0 Å².